The van der Waals surface area contributed by atoms with Gasteiger partial charge in [0.15, 0.2) is 0 Å². The molecule has 1 aromatic carbocycles. The van der Waals surface area contributed by atoms with Crippen molar-refractivity contribution in [3.05, 3.63) is 69.6 Å². The minimum atomic E-state index is -0.170. The molecular weight excluding hydrogens is 322 g/mol. The lowest BCUT2D eigenvalue weighted by Crippen LogP contribution is -2.16. The van der Waals surface area contributed by atoms with E-state index in [0.29, 0.717) is 10.7 Å². The van der Waals surface area contributed by atoms with Crippen LogP contribution in [0.25, 0.3) is 4.96 Å². The molecule has 0 atom stereocenters. The summed E-state index contributed by atoms with van der Waals surface area (Å²) in [4.78, 5) is 17.3. The molecule has 0 amide bonds. The summed E-state index contributed by atoms with van der Waals surface area (Å²) in [7, 11) is 0. The molecule has 5 nitrogen and oxygen atoms in total. The summed E-state index contributed by atoms with van der Waals surface area (Å²) in [6.45, 7) is 6.10. The van der Waals surface area contributed by atoms with Crippen molar-refractivity contribution in [3.63, 3.8) is 0 Å². The highest BCUT2D eigenvalue weighted by atomic mass is 32.1. The van der Waals surface area contributed by atoms with Crippen LogP contribution in [0.15, 0.2) is 47.8 Å². The fourth-order valence-corrected chi connectivity index (χ4v) is 3.42. The molecule has 2 heterocycles. The van der Waals surface area contributed by atoms with Gasteiger partial charge in [0.25, 0.3) is 5.56 Å². The highest BCUT2D eigenvalue weighted by Crippen LogP contribution is 2.20. The molecule has 0 saturated carbocycles. The van der Waals surface area contributed by atoms with Gasteiger partial charge in [-0.15, -0.1) is 6.58 Å². The van der Waals surface area contributed by atoms with Crippen LogP contribution in [0.4, 0.5) is 0 Å². The van der Waals surface area contributed by atoms with Gasteiger partial charge in [-0.3, -0.25) is 4.79 Å². The quantitative estimate of drug-likeness (QED) is 0.618. The van der Waals surface area contributed by atoms with Crippen LogP contribution in [0.2, 0.25) is 0 Å². The van der Waals surface area contributed by atoms with Crippen LogP contribution < -0.4 is 10.3 Å². The summed E-state index contributed by atoms with van der Waals surface area (Å²) in [6.07, 6.45) is 4.42. The number of rotatable bonds is 7. The van der Waals surface area contributed by atoms with Crippen LogP contribution in [0.1, 0.15) is 29.6 Å². The second-order valence-electron chi connectivity index (χ2n) is 5.42. The predicted octanol–water partition coefficient (Wildman–Crippen LogP) is 3.41. The summed E-state index contributed by atoms with van der Waals surface area (Å²) >= 11 is 1.46. The largest absolute Gasteiger partial charge is 0.487 e. The fourth-order valence-electron chi connectivity index (χ4n) is 2.41. The normalized spacial score (nSPS) is 10.9. The zero-order valence-corrected chi connectivity index (χ0v) is 14.4. The molecule has 2 aromatic heterocycles. The van der Waals surface area contributed by atoms with E-state index >= 15 is 0 Å². The number of benzene rings is 1. The van der Waals surface area contributed by atoms with Gasteiger partial charge in [0.1, 0.15) is 17.4 Å². The van der Waals surface area contributed by atoms with Crippen molar-refractivity contribution < 1.29 is 4.74 Å². The molecule has 0 N–H and O–H groups in total. The predicted molar refractivity (Wildman–Crippen MR) is 95.8 cm³/mol. The van der Waals surface area contributed by atoms with Crippen molar-refractivity contribution in [2.75, 3.05) is 0 Å². The van der Waals surface area contributed by atoms with Gasteiger partial charge in [-0.25, -0.2) is 4.98 Å². The maximum atomic E-state index is 12.2. The Morgan fingerprint density at radius 1 is 1.38 bits per heavy atom. The van der Waals surface area contributed by atoms with Gasteiger partial charge < -0.3 is 4.74 Å². The number of aromatic nitrogens is 3. The molecule has 0 unspecified atom stereocenters. The maximum absolute atomic E-state index is 12.2. The average molecular weight is 341 g/mol. The minimum Gasteiger partial charge on any atom is -0.487 e. The van der Waals surface area contributed by atoms with Crippen molar-refractivity contribution in [3.8, 4) is 5.75 Å². The number of para-hydroxylation sites is 1. The summed E-state index contributed by atoms with van der Waals surface area (Å²) < 4.78 is 7.23. The van der Waals surface area contributed by atoms with E-state index < -0.39 is 0 Å². The van der Waals surface area contributed by atoms with Gasteiger partial charge >= 0.3 is 0 Å². The highest BCUT2D eigenvalue weighted by Gasteiger charge is 2.09. The maximum Gasteiger partial charge on any atom is 0.275 e. The SMILES string of the molecule is C=CCc1ccccc1OCc1cc(=O)n2nc(CCC)sc2n1. The third-order valence-electron chi connectivity index (χ3n) is 3.52. The summed E-state index contributed by atoms with van der Waals surface area (Å²) in [6, 6.07) is 9.29. The van der Waals surface area contributed by atoms with Gasteiger partial charge in [-0.05, 0) is 24.5 Å². The molecule has 0 fully saturated rings. The monoisotopic (exact) mass is 341 g/mol. The zero-order chi connectivity index (χ0) is 16.9. The molecule has 3 aromatic rings. The number of allylic oxidation sites excluding steroid dienone is 1. The standard InChI is InChI=1S/C18H19N3O2S/c1-3-7-13-9-5-6-10-15(13)23-12-14-11-17(22)21-18(19-14)24-16(20-21)8-4-2/h3,5-6,9-11H,1,4,7-8,12H2,2H3. The van der Waals surface area contributed by atoms with Crippen LogP contribution in [0, 0.1) is 0 Å². The summed E-state index contributed by atoms with van der Waals surface area (Å²) in [5, 5.41) is 5.24. The second-order valence-corrected chi connectivity index (χ2v) is 6.46. The second kappa shape index (κ2) is 7.40. The smallest absolute Gasteiger partial charge is 0.275 e. The van der Waals surface area contributed by atoms with Gasteiger partial charge in [-0.2, -0.15) is 9.61 Å². The van der Waals surface area contributed by atoms with Crippen LogP contribution in [-0.4, -0.2) is 14.6 Å². The molecule has 3 rings (SSSR count). The Labute approximate surface area is 144 Å². The third-order valence-corrected chi connectivity index (χ3v) is 4.48. The lowest BCUT2D eigenvalue weighted by atomic mass is 10.1. The van der Waals surface area contributed by atoms with Crippen molar-refractivity contribution in [1.29, 1.82) is 0 Å². The zero-order valence-electron chi connectivity index (χ0n) is 13.6. The molecule has 0 aliphatic carbocycles. The Kier molecular flexibility index (Phi) is 5.05. The van der Waals surface area contributed by atoms with Crippen molar-refractivity contribution in [2.24, 2.45) is 0 Å². The summed E-state index contributed by atoms with van der Waals surface area (Å²) in [5.41, 5.74) is 1.50. The number of aryl methyl sites for hydroxylation is 1. The van der Waals surface area contributed by atoms with Gasteiger partial charge in [0.05, 0.1) is 5.69 Å². The molecule has 0 saturated heterocycles. The molecule has 24 heavy (non-hydrogen) atoms. The molecule has 0 spiro atoms. The molecule has 0 aliphatic rings. The Morgan fingerprint density at radius 3 is 3.00 bits per heavy atom. The minimum absolute atomic E-state index is 0.170. The first kappa shape index (κ1) is 16.4. The first-order valence-corrected chi connectivity index (χ1v) is 8.73. The molecule has 0 radical (unpaired) electrons. The van der Waals surface area contributed by atoms with Crippen molar-refractivity contribution in [2.45, 2.75) is 32.8 Å². The van der Waals surface area contributed by atoms with Gasteiger partial charge in [0, 0.05) is 12.5 Å². The number of hydrogen-bond donors (Lipinski definition) is 0. The number of hydrogen-bond acceptors (Lipinski definition) is 5. The highest BCUT2D eigenvalue weighted by molar-refractivity contribution is 7.16. The van der Waals surface area contributed by atoms with Crippen molar-refractivity contribution >= 4 is 16.3 Å². The topological polar surface area (TPSA) is 56.5 Å². The van der Waals surface area contributed by atoms with Crippen molar-refractivity contribution in [1.82, 2.24) is 14.6 Å². The first-order chi connectivity index (χ1) is 11.7. The Bertz CT molecular complexity index is 914. The van der Waals surface area contributed by atoms with E-state index in [1.807, 2.05) is 30.3 Å². The van der Waals surface area contributed by atoms with E-state index in [0.717, 1.165) is 35.6 Å². The van der Waals surface area contributed by atoms with E-state index in [4.69, 9.17) is 4.74 Å². The van der Waals surface area contributed by atoms with Crippen LogP contribution in [0.5, 0.6) is 5.75 Å². The average Bonchev–Trinajstić information content (AvgIpc) is 2.98. The molecule has 0 bridgehead atoms. The Hall–Kier alpha value is -2.47. The fraction of sp³-hybridized carbons (Fsp3) is 0.278. The lowest BCUT2D eigenvalue weighted by molar-refractivity contribution is 0.298. The molecular formula is C18H19N3O2S. The van der Waals surface area contributed by atoms with Gasteiger partial charge in [-0.1, -0.05) is 42.5 Å². The third kappa shape index (κ3) is 3.54. The van der Waals surface area contributed by atoms with E-state index in [1.54, 1.807) is 0 Å². The summed E-state index contributed by atoms with van der Waals surface area (Å²) in [5.74, 6) is 0.787. The van der Waals surface area contributed by atoms with Crippen LogP contribution in [0.3, 0.4) is 0 Å². The molecule has 124 valence electrons. The van der Waals surface area contributed by atoms with Crippen LogP contribution in [-0.2, 0) is 19.4 Å². The molecule has 6 heteroatoms. The number of ether oxygens (including phenoxy) is 1. The lowest BCUT2D eigenvalue weighted by Gasteiger charge is -2.09. The van der Waals surface area contributed by atoms with E-state index in [1.165, 1.54) is 21.9 Å². The Morgan fingerprint density at radius 2 is 2.21 bits per heavy atom. The van der Waals surface area contributed by atoms with Gasteiger partial charge in [0.2, 0.25) is 4.96 Å². The first-order valence-electron chi connectivity index (χ1n) is 7.91. The van der Waals surface area contributed by atoms with E-state index in [9.17, 15) is 4.79 Å². The van der Waals surface area contributed by atoms with E-state index in [2.05, 4.69) is 23.6 Å². The Balaban J connectivity index is 1.83. The number of nitrogens with zero attached hydrogens (tertiary/aromatic N) is 3. The van der Waals surface area contributed by atoms with Crippen LogP contribution >= 0.6 is 11.3 Å². The van der Waals surface area contributed by atoms with E-state index in [-0.39, 0.29) is 12.2 Å². The number of fused-ring (bicyclic) bond motifs is 1. The molecule has 0 aliphatic heterocycles.